The average molecular weight is 279 g/mol. The third-order valence-electron chi connectivity index (χ3n) is 3.97. The minimum absolute atomic E-state index is 0.763. The van der Waals surface area contributed by atoms with Crippen molar-refractivity contribution in [3.05, 3.63) is 42.6 Å². The maximum Gasteiger partial charge on any atom is 0.181 e. The van der Waals surface area contributed by atoms with E-state index in [9.17, 15) is 0 Å². The number of nitrogens with one attached hydrogen (secondary N) is 2. The van der Waals surface area contributed by atoms with Crippen molar-refractivity contribution in [2.75, 3.05) is 31.1 Å². The van der Waals surface area contributed by atoms with Crippen LogP contribution in [0.25, 0.3) is 22.3 Å². The number of hydrogen-bond acceptors (Lipinski definition) is 4. The Morgan fingerprint density at radius 1 is 1.00 bits per heavy atom. The second kappa shape index (κ2) is 5.18. The molecule has 5 heteroatoms. The van der Waals surface area contributed by atoms with E-state index in [0.717, 1.165) is 48.5 Å². The first-order chi connectivity index (χ1) is 10.4. The predicted molar refractivity (Wildman–Crippen MR) is 84.4 cm³/mol. The first kappa shape index (κ1) is 12.3. The van der Waals surface area contributed by atoms with E-state index < -0.39 is 0 Å². The van der Waals surface area contributed by atoms with Crippen molar-refractivity contribution in [3.63, 3.8) is 0 Å². The highest BCUT2D eigenvalue weighted by Crippen LogP contribution is 2.27. The third kappa shape index (κ3) is 2.25. The molecule has 21 heavy (non-hydrogen) atoms. The first-order valence-corrected chi connectivity index (χ1v) is 7.27. The normalized spacial score (nSPS) is 15.5. The van der Waals surface area contributed by atoms with Crippen molar-refractivity contribution in [1.82, 2.24) is 20.5 Å². The van der Waals surface area contributed by atoms with Gasteiger partial charge in [0.25, 0.3) is 0 Å². The number of aromatic amines is 1. The van der Waals surface area contributed by atoms with Crippen LogP contribution in [-0.2, 0) is 0 Å². The number of nitrogens with zero attached hydrogens (tertiary/aromatic N) is 3. The number of fused-ring (bicyclic) bond motifs is 1. The van der Waals surface area contributed by atoms with Crippen molar-refractivity contribution >= 4 is 16.7 Å². The van der Waals surface area contributed by atoms with Crippen LogP contribution in [0.3, 0.4) is 0 Å². The van der Waals surface area contributed by atoms with Gasteiger partial charge in [-0.2, -0.15) is 5.10 Å². The van der Waals surface area contributed by atoms with Crippen LogP contribution in [-0.4, -0.2) is 41.4 Å². The number of benzene rings is 1. The Morgan fingerprint density at radius 3 is 2.62 bits per heavy atom. The lowest BCUT2D eigenvalue weighted by Gasteiger charge is -2.29. The van der Waals surface area contributed by atoms with Crippen LogP contribution in [0, 0.1) is 0 Å². The van der Waals surface area contributed by atoms with E-state index in [4.69, 9.17) is 0 Å². The number of pyridine rings is 1. The summed E-state index contributed by atoms with van der Waals surface area (Å²) >= 11 is 0. The second-order valence-electron chi connectivity index (χ2n) is 5.26. The lowest BCUT2D eigenvalue weighted by atomic mass is 10.1. The summed E-state index contributed by atoms with van der Waals surface area (Å²) < 4.78 is 0. The van der Waals surface area contributed by atoms with E-state index in [1.807, 2.05) is 12.1 Å². The fourth-order valence-electron chi connectivity index (χ4n) is 2.83. The minimum Gasteiger partial charge on any atom is -0.369 e. The van der Waals surface area contributed by atoms with Crippen molar-refractivity contribution in [3.8, 4) is 11.3 Å². The van der Waals surface area contributed by atoms with E-state index in [1.165, 1.54) is 5.69 Å². The largest absolute Gasteiger partial charge is 0.369 e. The van der Waals surface area contributed by atoms with Crippen LogP contribution >= 0.6 is 0 Å². The number of anilines is 1. The molecule has 1 aliphatic heterocycles. The zero-order valence-corrected chi connectivity index (χ0v) is 11.7. The van der Waals surface area contributed by atoms with Crippen molar-refractivity contribution in [2.45, 2.75) is 0 Å². The van der Waals surface area contributed by atoms with Gasteiger partial charge in [-0.15, -0.1) is 0 Å². The highest BCUT2D eigenvalue weighted by atomic mass is 15.2. The number of aromatic nitrogens is 3. The maximum absolute atomic E-state index is 4.26. The van der Waals surface area contributed by atoms with Gasteiger partial charge >= 0.3 is 0 Å². The molecule has 1 fully saturated rings. The van der Waals surface area contributed by atoms with Gasteiger partial charge in [-0.05, 0) is 24.3 Å². The van der Waals surface area contributed by atoms with Crippen LogP contribution in [0.15, 0.2) is 42.6 Å². The standard InChI is InChI=1S/C16H17N5/c1-2-14-15(19-20-16(14)18-7-1)12-3-5-13(6-4-12)21-10-8-17-9-11-21/h1-7,17H,8-11H2,(H,18,19,20). The van der Waals surface area contributed by atoms with Gasteiger partial charge in [0.05, 0.1) is 5.69 Å². The summed E-state index contributed by atoms with van der Waals surface area (Å²) in [5.41, 5.74) is 4.22. The van der Waals surface area contributed by atoms with Gasteiger partial charge in [0, 0.05) is 49.0 Å². The Bertz CT molecular complexity index is 741. The molecule has 1 saturated heterocycles. The Kier molecular flexibility index (Phi) is 3.05. The minimum atomic E-state index is 0.763. The average Bonchev–Trinajstić information content (AvgIpc) is 3.00. The summed E-state index contributed by atoms with van der Waals surface area (Å²) in [6.07, 6.45) is 1.76. The molecule has 4 rings (SSSR count). The summed E-state index contributed by atoms with van der Waals surface area (Å²) in [5, 5.41) is 11.8. The molecule has 5 nitrogen and oxygen atoms in total. The number of piperazine rings is 1. The maximum atomic E-state index is 4.26. The quantitative estimate of drug-likeness (QED) is 0.753. The molecule has 0 saturated carbocycles. The molecule has 0 unspecified atom stereocenters. The molecule has 0 aliphatic carbocycles. The predicted octanol–water partition coefficient (Wildman–Crippen LogP) is 2.03. The highest BCUT2D eigenvalue weighted by Gasteiger charge is 2.11. The first-order valence-electron chi connectivity index (χ1n) is 7.27. The van der Waals surface area contributed by atoms with Crippen molar-refractivity contribution in [2.24, 2.45) is 0 Å². The van der Waals surface area contributed by atoms with Gasteiger partial charge < -0.3 is 10.2 Å². The van der Waals surface area contributed by atoms with Crippen LogP contribution in [0.4, 0.5) is 5.69 Å². The molecule has 0 atom stereocenters. The molecule has 2 N–H and O–H groups in total. The smallest absolute Gasteiger partial charge is 0.181 e. The van der Waals surface area contributed by atoms with E-state index >= 15 is 0 Å². The zero-order valence-electron chi connectivity index (χ0n) is 11.7. The van der Waals surface area contributed by atoms with E-state index in [0.29, 0.717) is 0 Å². The lowest BCUT2D eigenvalue weighted by molar-refractivity contribution is 0.589. The molecule has 0 spiro atoms. The molecule has 106 valence electrons. The van der Waals surface area contributed by atoms with Gasteiger partial charge in [0.15, 0.2) is 5.65 Å². The summed E-state index contributed by atoms with van der Waals surface area (Å²) in [7, 11) is 0. The summed E-state index contributed by atoms with van der Waals surface area (Å²) in [6.45, 7) is 4.24. The SMILES string of the molecule is c1cnc2n[nH]c(-c3ccc(N4CCNCC4)cc3)c2c1. The molecule has 2 aromatic heterocycles. The molecule has 0 amide bonds. The molecule has 0 bridgehead atoms. The van der Waals surface area contributed by atoms with Crippen LogP contribution in [0.1, 0.15) is 0 Å². The van der Waals surface area contributed by atoms with Gasteiger partial charge in [-0.3, -0.25) is 5.10 Å². The number of rotatable bonds is 2. The van der Waals surface area contributed by atoms with E-state index in [-0.39, 0.29) is 0 Å². The van der Waals surface area contributed by atoms with Crippen LogP contribution in [0.5, 0.6) is 0 Å². The topological polar surface area (TPSA) is 56.8 Å². The molecule has 3 heterocycles. The fraction of sp³-hybridized carbons (Fsp3) is 0.250. The molecule has 1 aromatic carbocycles. The van der Waals surface area contributed by atoms with Gasteiger partial charge in [0.2, 0.25) is 0 Å². The highest BCUT2D eigenvalue weighted by molar-refractivity contribution is 5.90. The molecular weight excluding hydrogens is 262 g/mol. The van der Waals surface area contributed by atoms with Crippen molar-refractivity contribution in [1.29, 1.82) is 0 Å². The molecular formula is C16H17N5. The zero-order chi connectivity index (χ0) is 14.1. The van der Waals surface area contributed by atoms with Crippen LogP contribution in [0.2, 0.25) is 0 Å². The van der Waals surface area contributed by atoms with E-state index in [2.05, 4.69) is 49.7 Å². The summed E-state index contributed by atoms with van der Waals surface area (Å²) in [5.74, 6) is 0. The van der Waals surface area contributed by atoms with Gasteiger partial charge in [-0.1, -0.05) is 12.1 Å². The third-order valence-corrected chi connectivity index (χ3v) is 3.97. The molecule has 3 aromatic rings. The van der Waals surface area contributed by atoms with Gasteiger partial charge in [0.1, 0.15) is 0 Å². The molecule has 1 aliphatic rings. The number of hydrogen-bond donors (Lipinski definition) is 2. The Balaban J connectivity index is 1.67. The monoisotopic (exact) mass is 279 g/mol. The Hall–Kier alpha value is -2.40. The lowest BCUT2D eigenvalue weighted by Crippen LogP contribution is -2.43. The van der Waals surface area contributed by atoms with E-state index in [1.54, 1.807) is 6.20 Å². The second-order valence-corrected chi connectivity index (χ2v) is 5.26. The summed E-state index contributed by atoms with van der Waals surface area (Å²) in [4.78, 5) is 6.67. The summed E-state index contributed by atoms with van der Waals surface area (Å²) in [6, 6.07) is 12.7. The molecule has 0 radical (unpaired) electrons. The Morgan fingerprint density at radius 2 is 1.81 bits per heavy atom. The number of H-pyrrole nitrogens is 1. The fourth-order valence-corrected chi connectivity index (χ4v) is 2.83. The van der Waals surface area contributed by atoms with Crippen molar-refractivity contribution < 1.29 is 0 Å². The Labute approximate surface area is 123 Å². The van der Waals surface area contributed by atoms with Gasteiger partial charge in [-0.25, -0.2) is 4.98 Å². The van der Waals surface area contributed by atoms with Crippen LogP contribution < -0.4 is 10.2 Å².